The number of hydrogen-bond acceptors (Lipinski definition) is 14. The van der Waals surface area contributed by atoms with Crippen LogP contribution in [0.3, 0.4) is 0 Å². The van der Waals surface area contributed by atoms with Crippen LogP contribution in [0.4, 0.5) is 5.13 Å². The van der Waals surface area contributed by atoms with E-state index in [1.165, 1.54) is 36.6 Å². The first-order chi connectivity index (χ1) is 18.7. The highest BCUT2D eigenvalue weighted by molar-refractivity contribution is 7.84. The molecule has 214 valence electrons. The van der Waals surface area contributed by atoms with Gasteiger partial charge in [-0.05, 0) is 19.1 Å². The average molecular weight is 600 g/mol. The highest BCUT2D eigenvalue weighted by atomic mass is 32.2. The van der Waals surface area contributed by atoms with E-state index in [4.69, 9.17) is 25.6 Å². The van der Waals surface area contributed by atoms with E-state index in [0.717, 1.165) is 11.3 Å². The van der Waals surface area contributed by atoms with Gasteiger partial charge in [-0.3, -0.25) is 33.8 Å². The molecule has 1 fully saturated rings. The Bertz CT molecular complexity index is 1460. The fourth-order valence-corrected chi connectivity index (χ4v) is 4.79. The zero-order valence-corrected chi connectivity index (χ0v) is 21.9. The second-order valence-corrected chi connectivity index (χ2v) is 10.3. The van der Waals surface area contributed by atoms with Crippen molar-refractivity contribution in [3.63, 3.8) is 0 Å². The van der Waals surface area contributed by atoms with Gasteiger partial charge in [-0.1, -0.05) is 23.4 Å². The van der Waals surface area contributed by atoms with Crippen LogP contribution in [0.15, 0.2) is 40.9 Å². The number of aromatic nitrogens is 1. The minimum Gasteiger partial charge on any atom is -0.394 e. The van der Waals surface area contributed by atoms with Gasteiger partial charge in [0, 0.05) is 5.38 Å². The molecule has 1 aliphatic heterocycles. The smallest absolute Gasteiger partial charge is 0.382 e. The number of nitrogens with two attached hydrogens (primary N) is 2. The molecule has 0 aliphatic carbocycles. The number of hydrogen-bond donors (Lipinski definition) is 4. The summed E-state index contributed by atoms with van der Waals surface area (Å²) in [5, 5.41) is 18.4. The predicted octanol–water partition coefficient (Wildman–Crippen LogP) is -1.27. The number of carbonyl (C=O) groups excluding carboxylic acids is 4. The molecule has 1 aromatic heterocycles. The van der Waals surface area contributed by atoms with Crippen LogP contribution >= 0.6 is 11.3 Å². The topological polar surface area (TPSA) is 277 Å². The summed E-state index contributed by atoms with van der Waals surface area (Å²) in [6.45, 7) is 1.34. The van der Waals surface area contributed by atoms with Gasteiger partial charge in [-0.25, -0.2) is 4.98 Å². The molecule has 1 aromatic carbocycles. The number of anilines is 1. The number of nitrogen functional groups attached to an aromatic ring is 1. The summed E-state index contributed by atoms with van der Waals surface area (Å²) >= 11 is 0.902. The average Bonchev–Trinajstić information content (AvgIpc) is 3.29. The lowest BCUT2D eigenvalue weighted by Gasteiger charge is -2.41. The SMILES string of the molecule is CC(CC(=O)OC(c1ccccc1)[N+](=O)[O-])ON=C(C(=O)N[C@@H]1C(=O)N(S(=O)(=O)O)[C@@H]1C(N)=O)c1csc(N)n1. The number of thiazole rings is 1. The molecule has 1 aliphatic rings. The molecular formula is C20H21N7O11S2. The molecule has 2 unspecified atom stereocenters. The highest BCUT2D eigenvalue weighted by Crippen LogP contribution is 2.24. The number of β-lactam (4-membered cyclic amide) rings is 1. The normalized spacial score (nSPS) is 18.7. The predicted molar refractivity (Wildman–Crippen MR) is 134 cm³/mol. The third-order valence-electron chi connectivity index (χ3n) is 5.16. The van der Waals surface area contributed by atoms with Crippen LogP contribution in [0, 0.1) is 10.1 Å². The van der Waals surface area contributed by atoms with Crippen LogP contribution in [-0.4, -0.2) is 74.8 Å². The maximum atomic E-state index is 12.9. The fourth-order valence-electron chi connectivity index (χ4n) is 3.39. The van der Waals surface area contributed by atoms with Gasteiger partial charge in [-0.15, -0.1) is 11.3 Å². The minimum atomic E-state index is -5.15. The van der Waals surface area contributed by atoms with Gasteiger partial charge < -0.3 is 26.4 Å². The van der Waals surface area contributed by atoms with Crippen molar-refractivity contribution in [3.05, 3.63) is 57.1 Å². The monoisotopic (exact) mass is 599 g/mol. The van der Waals surface area contributed by atoms with Gasteiger partial charge in [0.05, 0.1) is 16.9 Å². The number of ether oxygens (including phenoxy) is 1. The Kier molecular flexibility index (Phi) is 8.96. The first-order valence-electron chi connectivity index (χ1n) is 10.9. The van der Waals surface area contributed by atoms with Crippen molar-refractivity contribution in [3.8, 4) is 0 Å². The minimum absolute atomic E-state index is 0.00569. The summed E-state index contributed by atoms with van der Waals surface area (Å²) < 4.78 is 36.6. The van der Waals surface area contributed by atoms with Gasteiger partial charge >= 0.3 is 22.5 Å². The zero-order chi connectivity index (χ0) is 29.8. The van der Waals surface area contributed by atoms with E-state index < -0.39 is 75.5 Å². The number of carbonyl (C=O) groups is 4. The van der Waals surface area contributed by atoms with Gasteiger partial charge in [0.25, 0.3) is 11.8 Å². The highest BCUT2D eigenvalue weighted by Gasteiger charge is 2.57. The second-order valence-electron chi connectivity index (χ2n) is 8.08. The summed E-state index contributed by atoms with van der Waals surface area (Å²) in [5.74, 6) is -4.90. The molecule has 4 atom stereocenters. The van der Waals surface area contributed by atoms with E-state index in [9.17, 15) is 37.7 Å². The largest absolute Gasteiger partial charge is 0.394 e. The molecule has 40 heavy (non-hydrogen) atoms. The summed E-state index contributed by atoms with van der Waals surface area (Å²) in [6.07, 6.45) is -3.42. The van der Waals surface area contributed by atoms with Crippen molar-refractivity contribution < 1.29 is 46.6 Å². The molecule has 0 spiro atoms. The van der Waals surface area contributed by atoms with E-state index in [1.807, 2.05) is 0 Å². The Hall–Kier alpha value is -4.69. The van der Waals surface area contributed by atoms with E-state index >= 15 is 0 Å². The number of nitrogens with one attached hydrogen (secondary N) is 1. The fraction of sp³-hybridized carbons (Fsp3) is 0.300. The number of benzene rings is 1. The molecule has 0 saturated carbocycles. The molecule has 0 radical (unpaired) electrons. The van der Waals surface area contributed by atoms with Gasteiger partial charge in [0.2, 0.25) is 5.91 Å². The Balaban J connectivity index is 1.73. The van der Waals surface area contributed by atoms with Crippen molar-refractivity contribution in [2.24, 2.45) is 10.9 Å². The maximum absolute atomic E-state index is 12.9. The molecule has 1 saturated heterocycles. The number of primary amides is 1. The first kappa shape index (κ1) is 29.9. The van der Waals surface area contributed by atoms with Gasteiger partial charge in [-0.2, -0.15) is 12.7 Å². The molecule has 0 bridgehead atoms. The number of nitro groups is 1. The Labute approximate surface area is 228 Å². The number of amides is 3. The molecule has 3 rings (SSSR count). The van der Waals surface area contributed by atoms with E-state index in [1.54, 1.807) is 6.07 Å². The second kappa shape index (κ2) is 12.0. The summed E-state index contributed by atoms with van der Waals surface area (Å²) in [4.78, 5) is 68.8. The van der Waals surface area contributed by atoms with Crippen molar-refractivity contribution in [2.45, 2.75) is 37.8 Å². The lowest BCUT2D eigenvalue weighted by atomic mass is 9.98. The Morgan fingerprint density at radius 3 is 2.50 bits per heavy atom. The van der Waals surface area contributed by atoms with E-state index in [0.29, 0.717) is 0 Å². The number of nitrogens with zero attached hydrogens (tertiary/aromatic N) is 4. The van der Waals surface area contributed by atoms with Crippen LogP contribution in [0.1, 0.15) is 30.8 Å². The molecule has 18 nitrogen and oxygen atoms in total. The Morgan fingerprint density at radius 1 is 1.32 bits per heavy atom. The van der Waals surface area contributed by atoms with Crippen LogP contribution in [0.2, 0.25) is 0 Å². The third-order valence-corrected chi connectivity index (χ3v) is 6.73. The lowest BCUT2D eigenvalue weighted by Crippen LogP contribution is -2.75. The van der Waals surface area contributed by atoms with Crippen molar-refractivity contribution >= 4 is 56.2 Å². The molecule has 3 amide bonds. The van der Waals surface area contributed by atoms with Crippen LogP contribution in [0.25, 0.3) is 0 Å². The van der Waals surface area contributed by atoms with Crippen LogP contribution in [-0.2, 0) is 39.1 Å². The van der Waals surface area contributed by atoms with Gasteiger partial charge in [0.1, 0.15) is 17.8 Å². The van der Waals surface area contributed by atoms with Crippen LogP contribution in [0.5, 0.6) is 0 Å². The number of rotatable bonds is 12. The first-order valence-corrected chi connectivity index (χ1v) is 13.2. The molecule has 2 heterocycles. The van der Waals surface area contributed by atoms with Gasteiger partial charge in [0.15, 0.2) is 16.9 Å². The van der Waals surface area contributed by atoms with E-state index in [2.05, 4.69) is 15.5 Å². The zero-order valence-electron chi connectivity index (χ0n) is 20.3. The standard InChI is InChI=1S/C20H21N7O11S2/c1-9(7-12(28)37-19(27(32)33)10-5-3-2-4-6-10)38-25-13(11-8-39-20(22)23-11)17(30)24-14-15(16(21)29)26(18(14)31)40(34,35)36/h2-6,8-9,14-15,19H,7H2,1H3,(H2,21,29)(H2,22,23)(H,24,30)(H,34,35,36)/t9?,14-,15-,19?/m0/s1. The summed E-state index contributed by atoms with van der Waals surface area (Å²) in [6, 6.07) is 3.78. The van der Waals surface area contributed by atoms with Crippen LogP contribution < -0.4 is 16.8 Å². The molecule has 6 N–H and O–H groups in total. The molecular weight excluding hydrogens is 578 g/mol. The Morgan fingerprint density at radius 2 is 1.98 bits per heavy atom. The third kappa shape index (κ3) is 6.84. The van der Waals surface area contributed by atoms with Crippen molar-refractivity contribution in [1.82, 2.24) is 14.6 Å². The quantitative estimate of drug-likeness (QED) is 0.0421. The summed E-state index contributed by atoms with van der Waals surface area (Å²) in [5.41, 5.74) is 10.1. The lowest BCUT2D eigenvalue weighted by molar-refractivity contribution is -0.576. The number of esters is 1. The van der Waals surface area contributed by atoms with Crippen molar-refractivity contribution in [1.29, 1.82) is 0 Å². The van der Waals surface area contributed by atoms with E-state index in [-0.39, 0.29) is 20.7 Å². The maximum Gasteiger partial charge on any atom is 0.382 e. The van der Waals surface area contributed by atoms with Crippen molar-refractivity contribution in [2.75, 3.05) is 5.73 Å². The number of oxime groups is 1. The molecule has 2 aromatic rings. The summed E-state index contributed by atoms with van der Waals surface area (Å²) in [7, 11) is -5.15. The molecule has 20 heteroatoms.